The summed E-state index contributed by atoms with van der Waals surface area (Å²) in [6.45, 7) is 5.71. The zero-order valence-corrected chi connectivity index (χ0v) is 17.5. The summed E-state index contributed by atoms with van der Waals surface area (Å²) >= 11 is 0. The van der Waals surface area contributed by atoms with Crippen LogP contribution in [0.3, 0.4) is 0 Å². The van der Waals surface area contributed by atoms with Crippen LogP contribution >= 0.6 is 0 Å². The summed E-state index contributed by atoms with van der Waals surface area (Å²) in [5, 5.41) is 9.96. The lowest BCUT2D eigenvalue weighted by atomic mass is 9.83. The molecule has 2 aliphatic rings. The number of rotatable bonds is 5. The number of benzene rings is 2. The molecule has 2 aromatic carbocycles. The number of nitrogens with one attached hydrogen (secondary N) is 1. The van der Waals surface area contributed by atoms with E-state index in [0.29, 0.717) is 17.4 Å². The van der Waals surface area contributed by atoms with Crippen LogP contribution in [0.25, 0.3) is 0 Å². The minimum Gasteiger partial charge on any atom is -0.508 e. The number of hydrogen-bond acceptors (Lipinski definition) is 5. The first-order valence-corrected chi connectivity index (χ1v) is 10.9. The molecule has 1 atom stereocenters. The van der Waals surface area contributed by atoms with E-state index >= 15 is 0 Å². The molecule has 160 valence electrons. The molecular formula is C24H28N4O3+2. The number of morpholine rings is 1. The summed E-state index contributed by atoms with van der Waals surface area (Å²) in [5.41, 5.74) is 9.67. The largest absolute Gasteiger partial charge is 0.508 e. The molecule has 1 saturated heterocycles. The van der Waals surface area contributed by atoms with E-state index < -0.39 is 0 Å². The Morgan fingerprint density at radius 3 is 2.74 bits per heavy atom. The van der Waals surface area contributed by atoms with Gasteiger partial charge in [0.05, 0.1) is 32.2 Å². The summed E-state index contributed by atoms with van der Waals surface area (Å²) in [7, 11) is 0. The fraction of sp³-hybridized carbons (Fsp3) is 0.333. The molecule has 0 amide bonds. The second kappa shape index (κ2) is 8.53. The maximum absolute atomic E-state index is 9.96. The predicted molar refractivity (Wildman–Crippen MR) is 115 cm³/mol. The Morgan fingerprint density at radius 1 is 1.13 bits per heavy atom. The molecule has 1 aromatic heterocycles. The molecule has 3 heterocycles. The number of anilines is 1. The molecule has 2 aliphatic heterocycles. The molecule has 0 bridgehead atoms. The molecule has 7 nitrogen and oxygen atoms in total. The number of quaternary nitrogens is 1. The number of aromatic hydroxyl groups is 1. The number of aryl methyl sites for hydroxylation is 1. The highest BCUT2D eigenvalue weighted by Gasteiger charge is 2.36. The Balaban J connectivity index is 1.48. The summed E-state index contributed by atoms with van der Waals surface area (Å²) in [6, 6.07) is 15.5. The SMILES string of the molecule is Nc1c2c(nc[n+]1CCC[NH+]1CCOCC1)Oc1cc(O)ccc1[C@H]2c1ccccc1. The van der Waals surface area contributed by atoms with E-state index in [1.54, 1.807) is 23.4 Å². The predicted octanol–water partition coefficient (Wildman–Crippen LogP) is 1.25. The maximum atomic E-state index is 9.96. The number of ether oxygens (including phenoxy) is 2. The van der Waals surface area contributed by atoms with E-state index in [2.05, 4.69) is 17.1 Å². The molecule has 0 radical (unpaired) electrons. The minimum atomic E-state index is -0.106. The van der Waals surface area contributed by atoms with Gasteiger partial charge in [-0.25, -0.2) is 4.57 Å². The monoisotopic (exact) mass is 420 g/mol. The van der Waals surface area contributed by atoms with Crippen molar-refractivity contribution in [2.24, 2.45) is 0 Å². The summed E-state index contributed by atoms with van der Waals surface area (Å²) in [4.78, 5) is 6.18. The number of nitrogens with two attached hydrogens (primary N) is 1. The highest BCUT2D eigenvalue weighted by atomic mass is 16.5. The zero-order valence-electron chi connectivity index (χ0n) is 17.5. The number of phenolic OH excluding ortho intramolecular Hbond substituents is 1. The molecular weight excluding hydrogens is 392 g/mol. The van der Waals surface area contributed by atoms with Gasteiger partial charge >= 0.3 is 5.88 Å². The van der Waals surface area contributed by atoms with Crippen molar-refractivity contribution >= 4 is 5.82 Å². The van der Waals surface area contributed by atoms with E-state index in [9.17, 15) is 5.11 Å². The van der Waals surface area contributed by atoms with Crippen LogP contribution in [0.15, 0.2) is 54.9 Å². The third-order valence-electron chi connectivity index (χ3n) is 6.20. The van der Waals surface area contributed by atoms with Crippen LogP contribution in [0.5, 0.6) is 17.4 Å². The van der Waals surface area contributed by atoms with E-state index in [1.807, 2.05) is 28.8 Å². The van der Waals surface area contributed by atoms with Crippen LogP contribution in [0.2, 0.25) is 0 Å². The van der Waals surface area contributed by atoms with Crippen LogP contribution in [0.4, 0.5) is 5.82 Å². The standard InChI is InChI=1S/C24H26N4O3/c25-23-22-21(17-5-2-1-3-6-17)19-8-7-18(29)15-20(19)31-24(22)26-16-28(23)10-4-9-27-11-13-30-14-12-27/h1-3,5-8,15-16,21,25,29H,4,9-14H2/p+2/t21-/m1/s1. The van der Waals surface area contributed by atoms with Crippen LogP contribution in [-0.2, 0) is 11.3 Å². The smallest absolute Gasteiger partial charge is 0.306 e. The molecule has 4 N–H and O–H groups in total. The van der Waals surface area contributed by atoms with Gasteiger partial charge in [0.15, 0.2) is 0 Å². The van der Waals surface area contributed by atoms with Gasteiger partial charge < -0.3 is 25.2 Å². The lowest BCUT2D eigenvalue weighted by Gasteiger charge is -2.27. The molecule has 0 unspecified atom stereocenters. The van der Waals surface area contributed by atoms with Crippen molar-refractivity contribution in [1.82, 2.24) is 4.98 Å². The zero-order chi connectivity index (χ0) is 21.2. The lowest BCUT2D eigenvalue weighted by molar-refractivity contribution is -0.910. The molecule has 3 aromatic rings. The molecule has 31 heavy (non-hydrogen) atoms. The number of hydrogen-bond donors (Lipinski definition) is 3. The van der Waals surface area contributed by atoms with Crippen molar-refractivity contribution in [3.05, 3.63) is 71.5 Å². The second-order valence-electron chi connectivity index (χ2n) is 8.18. The van der Waals surface area contributed by atoms with Crippen molar-refractivity contribution in [3.63, 3.8) is 0 Å². The van der Waals surface area contributed by atoms with Crippen molar-refractivity contribution in [2.45, 2.75) is 18.9 Å². The van der Waals surface area contributed by atoms with Crippen LogP contribution in [-0.4, -0.2) is 42.9 Å². The fourth-order valence-electron chi connectivity index (χ4n) is 4.56. The minimum absolute atomic E-state index is 0.106. The van der Waals surface area contributed by atoms with Gasteiger partial charge in [0.1, 0.15) is 30.2 Å². The van der Waals surface area contributed by atoms with Crippen molar-refractivity contribution < 1.29 is 24.0 Å². The third kappa shape index (κ3) is 3.94. The second-order valence-corrected chi connectivity index (χ2v) is 8.18. The third-order valence-corrected chi connectivity index (χ3v) is 6.20. The van der Waals surface area contributed by atoms with E-state index in [0.717, 1.165) is 62.5 Å². The van der Waals surface area contributed by atoms with Gasteiger partial charge in [-0.2, -0.15) is 0 Å². The number of nitrogens with zero attached hydrogens (tertiary/aromatic N) is 2. The van der Waals surface area contributed by atoms with Crippen LogP contribution in [0.1, 0.15) is 29.0 Å². The number of nitrogen functional groups attached to an aromatic ring is 1. The van der Waals surface area contributed by atoms with Gasteiger partial charge in [0.2, 0.25) is 12.1 Å². The Hall–Kier alpha value is -3.16. The fourth-order valence-corrected chi connectivity index (χ4v) is 4.56. The van der Waals surface area contributed by atoms with Gasteiger partial charge in [-0.05, 0) is 11.6 Å². The molecule has 1 fully saturated rings. The van der Waals surface area contributed by atoms with E-state index in [-0.39, 0.29) is 11.7 Å². The van der Waals surface area contributed by atoms with Gasteiger partial charge in [0.25, 0.3) is 0 Å². The average molecular weight is 421 g/mol. The first-order valence-electron chi connectivity index (χ1n) is 10.9. The van der Waals surface area contributed by atoms with Gasteiger partial charge in [-0.15, -0.1) is 0 Å². The molecule has 0 saturated carbocycles. The Labute approximate surface area is 181 Å². The Morgan fingerprint density at radius 2 is 1.94 bits per heavy atom. The first-order chi connectivity index (χ1) is 15.2. The summed E-state index contributed by atoms with van der Waals surface area (Å²) < 4.78 is 13.5. The van der Waals surface area contributed by atoms with E-state index in [4.69, 9.17) is 15.2 Å². The van der Waals surface area contributed by atoms with Crippen LogP contribution < -0.4 is 19.9 Å². The highest BCUT2D eigenvalue weighted by molar-refractivity contribution is 5.62. The van der Waals surface area contributed by atoms with Gasteiger partial charge in [-0.1, -0.05) is 41.4 Å². The maximum Gasteiger partial charge on any atom is 0.306 e. The van der Waals surface area contributed by atoms with Crippen molar-refractivity contribution in [1.29, 1.82) is 0 Å². The topological polar surface area (TPSA) is 85.9 Å². The van der Waals surface area contributed by atoms with Gasteiger partial charge in [0, 0.05) is 18.1 Å². The lowest BCUT2D eigenvalue weighted by Crippen LogP contribution is -3.14. The van der Waals surface area contributed by atoms with Crippen molar-refractivity contribution in [2.75, 3.05) is 38.6 Å². The molecule has 0 aliphatic carbocycles. The number of fused-ring (bicyclic) bond motifs is 2. The Kier molecular flexibility index (Phi) is 5.44. The van der Waals surface area contributed by atoms with Crippen molar-refractivity contribution in [3.8, 4) is 17.4 Å². The Bertz CT molecular complexity index is 1070. The normalized spacial score (nSPS) is 18.1. The molecule has 0 spiro atoms. The van der Waals surface area contributed by atoms with Gasteiger partial charge in [-0.3, -0.25) is 0 Å². The quantitative estimate of drug-likeness (QED) is 0.423. The summed E-state index contributed by atoms with van der Waals surface area (Å²) in [6.07, 6.45) is 2.78. The number of aromatic nitrogens is 2. The molecule has 7 heteroatoms. The van der Waals surface area contributed by atoms with Crippen LogP contribution in [0, 0.1) is 0 Å². The number of phenols is 1. The first kappa shape index (κ1) is 19.8. The van der Waals surface area contributed by atoms with E-state index in [1.165, 1.54) is 0 Å². The average Bonchev–Trinajstić information content (AvgIpc) is 2.80. The highest BCUT2D eigenvalue weighted by Crippen LogP contribution is 2.48. The molecule has 5 rings (SSSR count). The summed E-state index contributed by atoms with van der Waals surface area (Å²) in [5.74, 6) is 1.85.